The van der Waals surface area contributed by atoms with Crippen LogP contribution in [0.25, 0.3) is 0 Å². The topological polar surface area (TPSA) is 116 Å². The third-order valence-corrected chi connectivity index (χ3v) is 3.26. The molecule has 7 nitrogen and oxygen atoms in total. The average Bonchev–Trinajstić information content (AvgIpc) is 2.39. The number of nitrogens with zero attached hydrogens (tertiary/aromatic N) is 1. The molecule has 1 aromatic carbocycles. The van der Waals surface area contributed by atoms with E-state index in [1.807, 2.05) is 0 Å². The molecule has 0 aliphatic rings. The molecule has 0 radical (unpaired) electrons. The van der Waals surface area contributed by atoms with Crippen molar-refractivity contribution in [2.75, 3.05) is 6.61 Å². The minimum atomic E-state index is -1.25. The Balaban J connectivity index is 2.40. The van der Waals surface area contributed by atoms with E-state index in [0.29, 0.717) is 31.6 Å². The number of nitro groups is 1. The number of carbonyl (C=O) groups is 1. The molecule has 1 rings (SSSR count). The van der Waals surface area contributed by atoms with Gasteiger partial charge in [-0.25, -0.2) is 0 Å². The maximum absolute atomic E-state index is 10.8. The van der Waals surface area contributed by atoms with E-state index in [9.17, 15) is 14.9 Å². The van der Waals surface area contributed by atoms with Gasteiger partial charge in [0, 0.05) is 12.1 Å². The second-order valence-electron chi connectivity index (χ2n) is 4.90. The maximum atomic E-state index is 10.8. The van der Waals surface area contributed by atoms with Gasteiger partial charge < -0.3 is 15.6 Å². The van der Waals surface area contributed by atoms with Gasteiger partial charge in [0.05, 0.1) is 16.6 Å². The minimum absolute atomic E-state index is 0.104. The zero-order valence-electron chi connectivity index (χ0n) is 11.5. The van der Waals surface area contributed by atoms with Gasteiger partial charge in [-0.1, -0.05) is 11.6 Å². The van der Waals surface area contributed by atoms with Crippen LogP contribution in [-0.4, -0.2) is 28.1 Å². The van der Waals surface area contributed by atoms with Crippen molar-refractivity contribution in [3.8, 4) is 5.75 Å². The SMILES string of the molecule is CC(N)(CCCCOc1ccc([N+](=O)[O-])cc1Cl)C(=O)O. The van der Waals surface area contributed by atoms with Crippen LogP contribution in [0.15, 0.2) is 18.2 Å². The van der Waals surface area contributed by atoms with Gasteiger partial charge in [-0.05, 0) is 32.3 Å². The van der Waals surface area contributed by atoms with Crippen LogP contribution in [-0.2, 0) is 4.79 Å². The third kappa shape index (κ3) is 5.20. The zero-order chi connectivity index (χ0) is 16.0. The molecule has 8 heteroatoms. The molecule has 3 N–H and O–H groups in total. The Labute approximate surface area is 126 Å². The summed E-state index contributed by atoms with van der Waals surface area (Å²) in [6, 6.07) is 3.96. The molecule has 0 amide bonds. The van der Waals surface area contributed by atoms with Gasteiger partial charge >= 0.3 is 5.97 Å². The molecule has 0 saturated carbocycles. The lowest BCUT2D eigenvalue weighted by molar-refractivity contribution is -0.384. The molecule has 0 heterocycles. The highest BCUT2D eigenvalue weighted by molar-refractivity contribution is 6.32. The summed E-state index contributed by atoms with van der Waals surface area (Å²) in [6.07, 6.45) is 1.52. The molecule has 0 spiro atoms. The van der Waals surface area contributed by atoms with Crippen molar-refractivity contribution < 1.29 is 19.6 Å². The molecule has 116 valence electrons. The number of carboxylic acid groups (broad SMARTS) is 1. The molecule has 0 aliphatic heterocycles. The fraction of sp³-hybridized carbons (Fsp3) is 0.462. The summed E-state index contributed by atoms with van der Waals surface area (Å²) in [5.41, 5.74) is 4.25. The van der Waals surface area contributed by atoms with Gasteiger partial charge in [-0.3, -0.25) is 14.9 Å². The predicted molar refractivity (Wildman–Crippen MR) is 77.7 cm³/mol. The lowest BCUT2D eigenvalue weighted by atomic mass is 9.97. The van der Waals surface area contributed by atoms with Crippen molar-refractivity contribution >= 4 is 23.3 Å². The Morgan fingerprint density at radius 3 is 2.71 bits per heavy atom. The molecule has 21 heavy (non-hydrogen) atoms. The predicted octanol–water partition coefficient (Wildman–Crippen LogP) is 2.60. The standard InChI is InChI=1S/C13H17ClN2O5/c1-13(15,12(17)18)6-2-3-7-21-11-5-4-9(16(19)20)8-10(11)14/h4-5,8H,2-3,6-7,15H2,1H3,(H,17,18). The number of ether oxygens (including phenoxy) is 1. The molecule has 1 unspecified atom stereocenters. The summed E-state index contributed by atoms with van der Waals surface area (Å²) in [7, 11) is 0. The highest BCUT2D eigenvalue weighted by atomic mass is 35.5. The van der Waals surface area contributed by atoms with Crippen LogP contribution in [0.5, 0.6) is 5.75 Å². The number of hydrogen-bond acceptors (Lipinski definition) is 5. The number of unbranched alkanes of at least 4 members (excludes halogenated alkanes) is 1. The van der Waals surface area contributed by atoms with Gasteiger partial charge in [0.2, 0.25) is 0 Å². The van der Waals surface area contributed by atoms with E-state index in [1.165, 1.54) is 25.1 Å². The van der Waals surface area contributed by atoms with Crippen molar-refractivity contribution in [2.45, 2.75) is 31.7 Å². The van der Waals surface area contributed by atoms with Crippen molar-refractivity contribution in [1.29, 1.82) is 0 Å². The maximum Gasteiger partial charge on any atom is 0.323 e. The van der Waals surface area contributed by atoms with Gasteiger partial charge in [-0.15, -0.1) is 0 Å². The van der Waals surface area contributed by atoms with Crippen LogP contribution < -0.4 is 10.5 Å². The van der Waals surface area contributed by atoms with E-state index >= 15 is 0 Å². The number of aliphatic carboxylic acids is 1. The van der Waals surface area contributed by atoms with Gasteiger partial charge in [0.25, 0.3) is 5.69 Å². The van der Waals surface area contributed by atoms with E-state index in [0.717, 1.165) is 0 Å². The Morgan fingerprint density at radius 1 is 1.52 bits per heavy atom. The normalized spacial score (nSPS) is 13.5. The quantitative estimate of drug-likeness (QED) is 0.432. The highest BCUT2D eigenvalue weighted by Crippen LogP contribution is 2.28. The van der Waals surface area contributed by atoms with E-state index < -0.39 is 16.4 Å². The molecule has 0 fully saturated rings. The molecular weight excluding hydrogens is 300 g/mol. The van der Waals surface area contributed by atoms with E-state index in [4.69, 9.17) is 27.2 Å². The van der Waals surface area contributed by atoms with E-state index in [-0.39, 0.29) is 10.7 Å². The number of nitro benzene ring substituents is 1. The molecule has 1 atom stereocenters. The first kappa shape index (κ1) is 17.2. The fourth-order valence-electron chi connectivity index (χ4n) is 1.60. The number of rotatable bonds is 8. The van der Waals surface area contributed by atoms with E-state index in [1.54, 1.807) is 0 Å². The Morgan fingerprint density at radius 2 is 2.19 bits per heavy atom. The summed E-state index contributed by atoms with van der Waals surface area (Å²) in [6.45, 7) is 1.79. The summed E-state index contributed by atoms with van der Waals surface area (Å²) < 4.78 is 5.40. The monoisotopic (exact) mass is 316 g/mol. The average molecular weight is 317 g/mol. The second-order valence-corrected chi connectivity index (χ2v) is 5.31. The lowest BCUT2D eigenvalue weighted by Crippen LogP contribution is -2.44. The molecule has 1 aromatic rings. The van der Waals surface area contributed by atoms with Crippen molar-refractivity contribution in [2.24, 2.45) is 5.73 Å². The largest absolute Gasteiger partial charge is 0.492 e. The van der Waals surface area contributed by atoms with Crippen LogP contribution in [0.2, 0.25) is 5.02 Å². The zero-order valence-corrected chi connectivity index (χ0v) is 12.3. The van der Waals surface area contributed by atoms with Crippen molar-refractivity contribution in [3.63, 3.8) is 0 Å². The number of benzene rings is 1. The van der Waals surface area contributed by atoms with Crippen molar-refractivity contribution in [3.05, 3.63) is 33.3 Å². The van der Waals surface area contributed by atoms with E-state index in [2.05, 4.69) is 0 Å². The number of halogens is 1. The van der Waals surface area contributed by atoms with Crippen LogP contribution >= 0.6 is 11.6 Å². The highest BCUT2D eigenvalue weighted by Gasteiger charge is 2.26. The fourth-order valence-corrected chi connectivity index (χ4v) is 1.83. The van der Waals surface area contributed by atoms with Crippen LogP contribution in [0.3, 0.4) is 0 Å². The second kappa shape index (κ2) is 7.24. The lowest BCUT2D eigenvalue weighted by Gasteiger charge is -2.18. The Hall–Kier alpha value is -1.86. The van der Waals surface area contributed by atoms with Crippen molar-refractivity contribution in [1.82, 2.24) is 0 Å². The van der Waals surface area contributed by atoms with Crippen LogP contribution in [0.4, 0.5) is 5.69 Å². The summed E-state index contributed by atoms with van der Waals surface area (Å²) in [5.74, 6) is -0.683. The number of non-ortho nitro benzene ring substituents is 1. The Kier molecular flexibility index (Phi) is 5.92. The molecular formula is C13H17ClN2O5. The first-order valence-electron chi connectivity index (χ1n) is 6.33. The van der Waals surface area contributed by atoms with Gasteiger partial charge in [0.1, 0.15) is 11.3 Å². The van der Waals surface area contributed by atoms with Gasteiger partial charge in [0.15, 0.2) is 0 Å². The number of hydrogen-bond donors (Lipinski definition) is 2. The minimum Gasteiger partial charge on any atom is -0.492 e. The number of nitrogens with two attached hydrogens (primary N) is 1. The van der Waals surface area contributed by atoms with Crippen LogP contribution in [0.1, 0.15) is 26.2 Å². The first-order chi connectivity index (χ1) is 9.74. The summed E-state index contributed by atoms with van der Waals surface area (Å²) >= 11 is 5.87. The summed E-state index contributed by atoms with van der Waals surface area (Å²) in [5, 5.41) is 19.6. The molecule has 0 aromatic heterocycles. The van der Waals surface area contributed by atoms with Gasteiger partial charge in [-0.2, -0.15) is 0 Å². The third-order valence-electron chi connectivity index (χ3n) is 2.96. The van der Waals surface area contributed by atoms with Crippen LogP contribution in [0, 0.1) is 10.1 Å². The molecule has 0 bridgehead atoms. The summed E-state index contributed by atoms with van der Waals surface area (Å²) in [4.78, 5) is 20.8. The Bertz CT molecular complexity index is 533. The first-order valence-corrected chi connectivity index (χ1v) is 6.71. The molecule has 0 saturated heterocycles. The molecule has 0 aliphatic carbocycles. The number of carboxylic acids is 1. The smallest absolute Gasteiger partial charge is 0.323 e.